The summed E-state index contributed by atoms with van der Waals surface area (Å²) in [5.41, 5.74) is 0. The quantitative estimate of drug-likeness (QED) is 0.789. The van der Waals surface area contributed by atoms with Crippen molar-refractivity contribution in [1.82, 2.24) is 4.90 Å². The number of ether oxygens (including phenoxy) is 2. The number of benzene rings is 2. The van der Waals surface area contributed by atoms with Gasteiger partial charge in [0.15, 0.2) is 0 Å². The van der Waals surface area contributed by atoms with Crippen LogP contribution < -0.4 is 9.47 Å². The highest BCUT2D eigenvalue weighted by Gasteiger charge is 2.25. The van der Waals surface area contributed by atoms with Crippen LogP contribution in [0.3, 0.4) is 0 Å². The van der Waals surface area contributed by atoms with Gasteiger partial charge in [-0.05, 0) is 55.0 Å². The fourth-order valence-corrected chi connectivity index (χ4v) is 3.09. The fourth-order valence-electron chi connectivity index (χ4n) is 2.84. The zero-order valence-corrected chi connectivity index (χ0v) is 15.3. The van der Waals surface area contributed by atoms with Gasteiger partial charge in [0.25, 0.3) is 0 Å². The molecule has 1 aliphatic heterocycles. The Morgan fingerprint density at radius 3 is 2.24 bits per heavy atom. The van der Waals surface area contributed by atoms with Gasteiger partial charge in [-0.2, -0.15) is 0 Å². The van der Waals surface area contributed by atoms with E-state index >= 15 is 0 Å². The van der Waals surface area contributed by atoms with E-state index in [-0.39, 0.29) is 12.7 Å². The largest absolute Gasteiger partial charge is 0.491 e. The lowest BCUT2D eigenvalue weighted by molar-refractivity contribution is 0.0720. The van der Waals surface area contributed by atoms with E-state index in [0.717, 1.165) is 25.3 Å². The first-order valence-electron chi connectivity index (χ1n) is 8.29. The normalized spacial score (nSPS) is 18.9. The Morgan fingerprint density at radius 1 is 1.00 bits per heavy atom. The van der Waals surface area contributed by atoms with Crippen molar-refractivity contribution in [3.05, 3.63) is 58.6 Å². The lowest BCUT2D eigenvalue weighted by Gasteiger charge is -2.20. The van der Waals surface area contributed by atoms with Crippen LogP contribution in [-0.2, 0) is 0 Å². The summed E-state index contributed by atoms with van der Waals surface area (Å²) in [6, 6.07) is 14.5. The summed E-state index contributed by atoms with van der Waals surface area (Å²) in [7, 11) is 0. The summed E-state index contributed by atoms with van der Waals surface area (Å²) in [6.45, 7) is 2.51. The molecular formula is C19H21Cl2NO3. The van der Waals surface area contributed by atoms with Crippen molar-refractivity contribution in [3.8, 4) is 11.5 Å². The molecule has 1 heterocycles. The smallest absolute Gasteiger partial charge is 0.119 e. The molecule has 2 aromatic rings. The van der Waals surface area contributed by atoms with Crippen molar-refractivity contribution in [3.63, 3.8) is 0 Å². The van der Waals surface area contributed by atoms with E-state index in [2.05, 4.69) is 4.90 Å². The van der Waals surface area contributed by atoms with Gasteiger partial charge in [-0.25, -0.2) is 0 Å². The summed E-state index contributed by atoms with van der Waals surface area (Å²) < 4.78 is 11.5. The first-order valence-corrected chi connectivity index (χ1v) is 9.05. The number of aliphatic hydroxyl groups is 1. The molecule has 0 radical (unpaired) electrons. The van der Waals surface area contributed by atoms with E-state index in [1.54, 1.807) is 24.3 Å². The van der Waals surface area contributed by atoms with E-state index < -0.39 is 6.10 Å². The molecule has 1 fully saturated rings. The summed E-state index contributed by atoms with van der Waals surface area (Å²) in [5.74, 6) is 1.52. The predicted molar refractivity (Wildman–Crippen MR) is 99.9 cm³/mol. The van der Waals surface area contributed by atoms with Crippen molar-refractivity contribution in [2.45, 2.75) is 18.6 Å². The van der Waals surface area contributed by atoms with Gasteiger partial charge in [-0.1, -0.05) is 23.2 Å². The molecule has 0 bridgehead atoms. The molecule has 134 valence electrons. The van der Waals surface area contributed by atoms with E-state index in [1.807, 2.05) is 24.3 Å². The van der Waals surface area contributed by atoms with Gasteiger partial charge < -0.3 is 14.6 Å². The molecule has 0 amide bonds. The molecule has 0 spiro atoms. The molecule has 1 N–H and O–H groups in total. The Labute approximate surface area is 157 Å². The molecule has 0 saturated carbocycles. The number of aliphatic hydroxyl groups excluding tert-OH is 1. The van der Waals surface area contributed by atoms with E-state index in [9.17, 15) is 5.11 Å². The van der Waals surface area contributed by atoms with Crippen molar-refractivity contribution in [1.29, 1.82) is 0 Å². The third kappa shape index (κ3) is 5.79. The second kappa shape index (κ2) is 8.77. The van der Waals surface area contributed by atoms with Crippen LogP contribution in [0.15, 0.2) is 48.5 Å². The standard InChI is InChI=1S/C19H21Cl2NO3/c20-14-1-5-17(6-2-14)24-13-16(23)11-22-10-9-19(12-22)25-18-7-3-15(21)4-8-18/h1-8,16,19,23H,9-13H2. The third-order valence-electron chi connectivity index (χ3n) is 4.07. The molecule has 2 unspecified atom stereocenters. The Balaban J connectivity index is 1.39. The molecule has 2 aromatic carbocycles. The highest BCUT2D eigenvalue weighted by Crippen LogP contribution is 2.21. The van der Waals surface area contributed by atoms with Gasteiger partial charge in [0.2, 0.25) is 0 Å². The molecule has 1 saturated heterocycles. The second-order valence-electron chi connectivity index (χ2n) is 6.16. The van der Waals surface area contributed by atoms with Crippen LogP contribution in [0.4, 0.5) is 0 Å². The van der Waals surface area contributed by atoms with Crippen LogP contribution in [0.2, 0.25) is 10.0 Å². The molecule has 3 rings (SSSR count). The zero-order valence-electron chi connectivity index (χ0n) is 13.8. The Bertz CT molecular complexity index is 663. The topological polar surface area (TPSA) is 41.9 Å². The highest BCUT2D eigenvalue weighted by molar-refractivity contribution is 6.30. The van der Waals surface area contributed by atoms with Crippen LogP contribution in [-0.4, -0.2) is 48.5 Å². The summed E-state index contributed by atoms with van der Waals surface area (Å²) in [4.78, 5) is 2.19. The summed E-state index contributed by atoms with van der Waals surface area (Å²) in [5, 5.41) is 11.5. The van der Waals surface area contributed by atoms with Crippen molar-refractivity contribution >= 4 is 23.2 Å². The molecule has 4 nitrogen and oxygen atoms in total. The lowest BCUT2D eigenvalue weighted by atomic mass is 10.3. The Morgan fingerprint density at radius 2 is 1.60 bits per heavy atom. The van der Waals surface area contributed by atoms with Gasteiger partial charge in [0.05, 0.1) is 0 Å². The average Bonchev–Trinajstić information content (AvgIpc) is 3.03. The highest BCUT2D eigenvalue weighted by atomic mass is 35.5. The maximum atomic E-state index is 10.2. The average molecular weight is 382 g/mol. The van der Waals surface area contributed by atoms with Gasteiger partial charge >= 0.3 is 0 Å². The van der Waals surface area contributed by atoms with Crippen molar-refractivity contribution < 1.29 is 14.6 Å². The number of halogens is 2. The van der Waals surface area contributed by atoms with E-state index in [0.29, 0.717) is 22.3 Å². The monoisotopic (exact) mass is 381 g/mol. The first-order chi connectivity index (χ1) is 12.1. The van der Waals surface area contributed by atoms with Crippen molar-refractivity contribution in [2.24, 2.45) is 0 Å². The zero-order chi connectivity index (χ0) is 17.6. The molecule has 1 aliphatic rings. The van der Waals surface area contributed by atoms with Gasteiger partial charge in [-0.15, -0.1) is 0 Å². The van der Waals surface area contributed by atoms with Gasteiger partial charge in [0.1, 0.15) is 30.3 Å². The van der Waals surface area contributed by atoms with E-state index in [1.165, 1.54) is 0 Å². The first kappa shape index (κ1) is 18.3. The number of hydrogen-bond acceptors (Lipinski definition) is 4. The molecule has 0 aromatic heterocycles. The number of β-amino-alcohol motifs (C(OH)–C–C–N with tert-alkyl or cyclic N) is 1. The molecule has 6 heteroatoms. The number of rotatable bonds is 7. The maximum absolute atomic E-state index is 10.2. The minimum atomic E-state index is -0.551. The fraction of sp³-hybridized carbons (Fsp3) is 0.368. The molecule has 0 aliphatic carbocycles. The second-order valence-corrected chi connectivity index (χ2v) is 7.03. The summed E-state index contributed by atoms with van der Waals surface area (Å²) in [6.07, 6.45) is 0.517. The Hall–Kier alpha value is -1.46. The number of nitrogens with zero attached hydrogens (tertiary/aromatic N) is 1. The maximum Gasteiger partial charge on any atom is 0.119 e. The minimum absolute atomic E-state index is 0.130. The lowest BCUT2D eigenvalue weighted by Crippen LogP contribution is -2.35. The van der Waals surface area contributed by atoms with Crippen LogP contribution in [0, 0.1) is 0 Å². The number of hydrogen-bond donors (Lipinski definition) is 1. The molecule has 2 atom stereocenters. The minimum Gasteiger partial charge on any atom is -0.491 e. The van der Waals surface area contributed by atoms with Crippen LogP contribution >= 0.6 is 23.2 Å². The molecule has 25 heavy (non-hydrogen) atoms. The third-order valence-corrected chi connectivity index (χ3v) is 4.57. The molecular weight excluding hydrogens is 361 g/mol. The van der Waals surface area contributed by atoms with Gasteiger partial charge in [-0.3, -0.25) is 4.90 Å². The summed E-state index contributed by atoms with van der Waals surface area (Å²) >= 11 is 11.7. The predicted octanol–water partition coefficient (Wildman–Crippen LogP) is 3.89. The van der Waals surface area contributed by atoms with Gasteiger partial charge in [0, 0.05) is 29.7 Å². The van der Waals surface area contributed by atoms with E-state index in [4.69, 9.17) is 32.7 Å². The SMILES string of the molecule is OC(COc1ccc(Cl)cc1)CN1CCC(Oc2ccc(Cl)cc2)C1. The van der Waals surface area contributed by atoms with Crippen LogP contribution in [0.1, 0.15) is 6.42 Å². The van der Waals surface area contributed by atoms with Crippen molar-refractivity contribution in [2.75, 3.05) is 26.2 Å². The van der Waals surface area contributed by atoms with Crippen LogP contribution in [0.5, 0.6) is 11.5 Å². The Kier molecular flexibility index (Phi) is 6.43. The van der Waals surface area contributed by atoms with Crippen LogP contribution in [0.25, 0.3) is 0 Å². The number of likely N-dealkylation sites (tertiary alicyclic amines) is 1.